The second kappa shape index (κ2) is 7.50. The van der Waals surface area contributed by atoms with Crippen LogP contribution in [0.5, 0.6) is 0 Å². The molecule has 100 valence electrons. The molecule has 0 aliphatic heterocycles. The number of guanidine groups is 1. The van der Waals surface area contributed by atoms with Crippen molar-refractivity contribution in [3.8, 4) is 0 Å². The van der Waals surface area contributed by atoms with E-state index in [-0.39, 0.29) is 0 Å². The van der Waals surface area contributed by atoms with Gasteiger partial charge in [-0.05, 0) is 26.8 Å². The zero-order chi connectivity index (χ0) is 12.7. The molecule has 17 heavy (non-hydrogen) atoms. The van der Waals surface area contributed by atoms with Crippen LogP contribution in [0, 0.1) is 0 Å². The van der Waals surface area contributed by atoms with E-state index in [1.807, 2.05) is 0 Å². The van der Waals surface area contributed by atoms with Crippen molar-refractivity contribution >= 4 is 5.96 Å². The minimum absolute atomic E-state index is 0.531. The number of methoxy groups -OCH3 is 1. The number of likely N-dealkylation sites (N-methyl/N-ethyl adjacent to an activating group) is 1. The predicted molar refractivity (Wildman–Crippen MR) is 71.5 cm³/mol. The number of aliphatic imine (C=N–C) groups is 1. The molecule has 0 aromatic rings. The van der Waals surface area contributed by atoms with Gasteiger partial charge in [0.05, 0.1) is 6.61 Å². The monoisotopic (exact) mass is 242 g/mol. The van der Waals surface area contributed by atoms with Crippen molar-refractivity contribution in [2.45, 2.75) is 31.8 Å². The van der Waals surface area contributed by atoms with Crippen LogP contribution in [0.3, 0.4) is 0 Å². The summed E-state index contributed by atoms with van der Waals surface area (Å²) in [5.74, 6) is 0.845. The van der Waals surface area contributed by atoms with Crippen molar-refractivity contribution in [2.24, 2.45) is 4.99 Å². The van der Waals surface area contributed by atoms with Gasteiger partial charge in [0.1, 0.15) is 0 Å². The van der Waals surface area contributed by atoms with Crippen LogP contribution in [-0.2, 0) is 4.74 Å². The third-order valence-electron chi connectivity index (χ3n) is 3.21. The standard InChI is InChI=1S/C12H26N4O/c1-10(16(3)11-5-6-11)9-15-12(13-2)14-7-8-17-4/h10-11H,5-9H2,1-4H3,(H2,13,14,15). The van der Waals surface area contributed by atoms with Crippen molar-refractivity contribution in [2.75, 3.05) is 40.9 Å². The van der Waals surface area contributed by atoms with E-state index in [1.54, 1.807) is 14.2 Å². The number of rotatable bonds is 7. The summed E-state index contributed by atoms with van der Waals surface area (Å²) in [7, 11) is 5.69. The summed E-state index contributed by atoms with van der Waals surface area (Å²) in [6.07, 6.45) is 2.70. The summed E-state index contributed by atoms with van der Waals surface area (Å²) >= 11 is 0. The second-order valence-corrected chi connectivity index (χ2v) is 4.62. The van der Waals surface area contributed by atoms with Gasteiger partial charge in [-0.1, -0.05) is 0 Å². The average Bonchev–Trinajstić information content (AvgIpc) is 3.16. The van der Waals surface area contributed by atoms with Crippen LogP contribution in [-0.4, -0.2) is 63.8 Å². The molecule has 0 amide bonds. The molecule has 0 heterocycles. The summed E-state index contributed by atoms with van der Waals surface area (Å²) in [5.41, 5.74) is 0. The Morgan fingerprint density at radius 3 is 2.71 bits per heavy atom. The zero-order valence-corrected chi connectivity index (χ0v) is 11.5. The van der Waals surface area contributed by atoms with Crippen molar-refractivity contribution in [1.82, 2.24) is 15.5 Å². The number of hydrogen-bond acceptors (Lipinski definition) is 3. The normalized spacial score (nSPS) is 18.3. The van der Waals surface area contributed by atoms with Gasteiger partial charge < -0.3 is 15.4 Å². The molecule has 1 saturated carbocycles. The first kappa shape index (κ1) is 14.3. The molecule has 1 atom stereocenters. The summed E-state index contributed by atoms with van der Waals surface area (Å²) in [5, 5.41) is 6.54. The number of nitrogens with one attached hydrogen (secondary N) is 2. The predicted octanol–water partition coefficient (Wildman–Crippen LogP) is 0.281. The lowest BCUT2D eigenvalue weighted by Crippen LogP contribution is -2.46. The Hall–Kier alpha value is -0.810. The van der Waals surface area contributed by atoms with Crippen LogP contribution in [0.1, 0.15) is 19.8 Å². The Bertz CT molecular complexity index is 241. The van der Waals surface area contributed by atoms with E-state index < -0.39 is 0 Å². The van der Waals surface area contributed by atoms with Gasteiger partial charge in [0.15, 0.2) is 5.96 Å². The Morgan fingerprint density at radius 1 is 1.47 bits per heavy atom. The summed E-state index contributed by atoms with van der Waals surface area (Å²) in [4.78, 5) is 6.61. The van der Waals surface area contributed by atoms with Gasteiger partial charge in [-0.3, -0.25) is 9.89 Å². The molecule has 5 heteroatoms. The Morgan fingerprint density at radius 2 is 2.18 bits per heavy atom. The van der Waals surface area contributed by atoms with E-state index >= 15 is 0 Å². The summed E-state index contributed by atoms with van der Waals surface area (Å²) < 4.78 is 4.99. The second-order valence-electron chi connectivity index (χ2n) is 4.62. The van der Waals surface area contributed by atoms with Crippen molar-refractivity contribution in [3.05, 3.63) is 0 Å². The molecule has 0 bridgehead atoms. The fourth-order valence-electron chi connectivity index (χ4n) is 1.72. The molecule has 0 aromatic carbocycles. The minimum Gasteiger partial charge on any atom is -0.383 e. The van der Waals surface area contributed by atoms with Crippen LogP contribution in [0.2, 0.25) is 0 Å². The minimum atomic E-state index is 0.531. The molecular weight excluding hydrogens is 216 g/mol. The first-order valence-electron chi connectivity index (χ1n) is 6.34. The summed E-state index contributed by atoms with van der Waals surface area (Å²) in [6, 6.07) is 1.33. The Balaban J connectivity index is 2.17. The molecule has 1 unspecified atom stereocenters. The lowest BCUT2D eigenvalue weighted by atomic mass is 10.3. The number of nitrogens with zero attached hydrogens (tertiary/aromatic N) is 2. The first-order chi connectivity index (χ1) is 8.19. The molecule has 0 radical (unpaired) electrons. The van der Waals surface area contributed by atoms with Crippen molar-refractivity contribution in [1.29, 1.82) is 0 Å². The smallest absolute Gasteiger partial charge is 0.191 e. The topological polar surface area (TPSA) is 48.9 Å². The lowest BCUT2D eigenvalue weighted by Gasteiger charge is -2.25. The zero-order valence-electron chi connectivity index (χ0n) is 11.5. The van der Waals surface area contributed by atoms with E-state index in [2.05, 4.69) is 34.5 Å². The lowest BCUT2D eigenvalue weighted by molar-refractivity contribution is 0.203. The third kappa shape index (κ3) is 5.37. The maximum absolute atomic E-state index is 4.99. The van der Waals surface area contributed by atoms with Gasteiger partial charge in [-0.15, -0.1) is 0 Å². The van der Waals surface area contributed by atoms with Gasteiger partial charge >= 0.3 is 0 Å². The number of ether oxygens (including phenoxy) is 1. The van der Waals surface area contributed by atoms with Crippen LogP contribution in [0.25, 0.3) is 0 Å². The highest BCUT2D eigenvalue weighted by atomic mass is 16.5. The SMILES string of the molecule is CN=C(NCCOC)NCC(C)N(C)C1CC1. The van der Waals surface area contributed by atoms with E-state index in [9.17, 15) is 0 Å². The van der Waals surface area contributed by atoms with Crippen molar-refractivity contribution in [3.63, 3.8) is 0 Å². The fourth-order valence-corrected chi connectivity index (χ4v) is 1.72. The molecule has 2 N–H and O–H groups in total. The highest BCUT2D eigenvalue weighted by Gasteiger charge is 2.28. The Labute approximate surface area is 105 Å². The van der Waals surface area contributed by atoms with Crippen LogP contribution in [0.4, 0.5) is 0 Å². The van der Waals surface area contributed by atoms with E-state index in [0.717, 1.165) is 25.1 Å². The maximum atomic E-state index is 4.99. The van der Waals surface area contributed by atoms with E-state index in [1.165, 1.54) is 12.8 Å². The largest absolute Gasteiger partial charge is 0.383 e. The first-order valence-corrected chi connectivity index (χ1v) is 6.34. The number of hydrogen-bond donors (Lipinski definition) is 2. The van der Waals surface area contributed by atoms with Gasteiger partial charge in [-0.25, -0.2) is 0 Å². The van der Waals surface area contributed by atoms with E-state index in [4.69, 9.17) is 4.74 Å². The Kier molecular flexibility index (Phi) is 6.29. The van der Waals surface area contributed by atoms with E-state index in [0.29, 0.717) is 12.6 Å². The molecule has 1 fully saturated rings. The molecule has 1 aliphatic carbocycles. The molecule has 1 rings (SSSR count). The van der Waals surface area contributed by atoms with Gasteiger partial charge in [0.2, 0.25) is 0 Å². The van der Waals surface area contributed by atoms with Gasteiger partial charge in [-0.2, -0.15) is 0 Å². The molecule has 5 nitrogen and oxygen atoms in total. The van der Waals surface area contributed by atoms with Crippen molar-refractivity contribution < 1.29 is 4.74 Å². The van der Waals surface area contributed by atoms with Crippen LogP contribution < -0.4 is 10.6 Å². The highest BCUT2D eigenvalue weighted by Crippen LogP contribution is 2.26. The molecule has 0 aromatic heterocycles. The fraction of sp³-hybridized carbons (Fsp3) is 0.917. The molecule has 0 spiro atoms. The summed E-state index contributed by atoms with van der Waals surface area (Å²) in [6.45, 7) is 4.63. The molecule has 0 saturated heterocycles. The van der Waals surface area contributed by atoms with Gasteiger partial charge in [0.25, 0.3) is 0 Å². The quantitative estimate of drug-likeness (QED) is 0.382. The molecular formula is C12H26N4O. The third-order valence-corrected chi connectivity index (χ3v) is 3.21. The average molecular weight is 242 g/mol. The van der Waals surface area contributed by atoms with Crippen LogP contribution in [0.15, 0.2) is 4.99 Å². The highest BCUT2D eigenvalue weighted by molar-refractivity contribution is 5.79. The van der Waals surface area contributed by atoms with Crippen LogP contribution >= 0.6 is 0 Å². The van der Waals surface area contributed by atoms with Gasteiger partial charge in [0, 0.05) is 39.3 Å². The maximum Gasteiger partial charge on any atom is 0.191 e. The molecule has 1 aliphatic rings.